The summed E-state index contributed by atoms with van der Waals surface area (Å²) < 4.78 is 5.20. The normalized spacial score (nSPS) is 11.8. The van der Waals surface area contributed by atoms with Crippen LogP contribution in [0.5, 0.6) is 5.75 Å². The van der Waals surface area contributed by atoms with Gasteiger partial charge in [-0.05, 0) is 48.6 Å². The first-order valence-corrected chi connectivity index (χ1v) is 8.84. The van der Waals surface area contributed by atoms with Crippen LogP contribution in [0.25, 0.3) is 0 Å². The van der Waals surface area contributed by atoms with E-state index in [0.29, 0.717) is 0 Å². The Balaban J connectivity index is 1.98. The van der Waals surface area contributed by atoms with Crippen molar-refractivity contribution in [2.24, 2.45) is 0 Å². The van der Waals surface area contributed by atoms with Gasteiger partial charge in [0.2, 0.25) is 5.91 Å². The minimum Gasteiger partial charge on any atom is -0.497 e. The number of nitrogens with one attached hydrogen (secondary N) is 2. The molecule has 0 radical (unpaired) electrons. The summed E-state index contributed by atoms with van der Waals surface area (Å²) in [5.74, 6) is 0.818. The molecule has 25 heavy (non-hydrogen) atoms. The molecule has 2 aromatic rings. The van der Waals surface area contributed by atoms with Crippen molar-refractivity contribution in [3.8, 4) is 5.75 Å². The summed E-state index contributed by atoms with van der Waals surface area (Å²) in [6.45, 7) is 6.51. The second-order valence-corrected chi connectivity index (χ2v) is 6.13. The van der Waals surface area contributed by atoms with Gasteiger partial charge in [0, 0.05) is 11.7 Å². The summed E-state index contributed by atoms with van der Waals surface area (Å²) in [7, 11) is 1.66. The Morgan fingerprint density at radius 3 is 2.44 bits per heavy atom. The van der Waals surface area contributed by atoms with E-state index in [9.17, 15) is 4.79 Å². The van der Waals surface area contributed by atoms with E-state index in [0.717, 1.165) is 41.0 Å². The van der Waals surface area contributed by atoms with Crippen molar-refractivity contribution in [1.29, 1.82) is 0 Å². The maximum atomic E-state index is 12.4. The lowest BCUT2D eigenvalue weighted by atomic mass is 10.0. The van der Waals surface area contributed by atoms with Crippen molar-refractivity contribution in [2.45, 2.75) is 39.7 Å². The lowest BCUT2D eigenvalue weighted by Gasteiger charge is -2.18. The zero-order valence-corrected chi connectivity index (χ0v) is 15.6. The summed E-state index contributed by atoms with van der Waals surface area (Å²) in [5.41, 5.74) is 4.35. The maximum Gasteiger partial charge on any atom is 0.238 e. The number of ether oxygens (including phenoxy) is 1. The molecule has 0 aromatic heterocycles. The SMILES string of the molecule is CCc1cccc(C)c1NC(=O)CN[C@@H](CC)c1ccc(OC)cc1. The second kappa shape index (κ2) is 9.23. The highest BCUT2D eigenvalue weighted by molar-refractivity contribution is 5.93. The van der Waals surface area contributed by atoms with Gasteiger partial charge in [-0.3, -0.25) is 4.79 Å². The fourth-order valence-electron chi connectivity index (χ4n) is 2.94. The number of hydrogen-bond donors (Lipinski definition) is 2. The van der Waals surface area contributed by atoms with Gasteiger partial charge in [-0.25, -0.2) is 0 Å². The van der Waals surface area contributed by atoms with Crippen LogP contribution in [0.15, 0.2) is 42.5 Å². The van der Waals surface area contributed by atoms with Gasteiger partial charge in [0.25, 0.3) is 0 Å². The van der Waals surface area contributed by atoms with Gasteiger partial charge >= 0.3 is 0 Å². The van der Waals surface area contributed by atoms with E-state index < -0.39 is 0 Å². The number of amides is 1. The summed E-state index contributed by atoms with van der Waals surface area (Å²) in [4.78, 5) is 12.4. The molecule has 0 aliphatic heterocycles. The lowest BCUT2D eigenvalue weighted by Crippen LogP contribution is -2.31. The molecule has 2 aromatic carbocycles. The number of para-hydroxylation sites is 1. The van der Waals surface area contributed by atoms with E-state index in [1.54, 1.807) is 7.11 Å². The molecule has 4 nitrogen and oxygen atoms in total. The van der Waals surface area contributed by atoms with E-state index in [1.165, 1.54) is 0 Å². The van der Waals surface area contributed by atoms with Crippen LogP contribution in [0.4, 0.5) is 5.69 Å². The molecule has 0 fully saturated rings. The summed E-state index contributed by atoms with van der Waals surface area (Å²) in [5, 5.41) is 6.40. The van der Waals surface area contributed by atoms with E-state index in [-0.39, 0.29) is 18.5 Å². The topological polar surface area (TPSA) is 50.4 Å². The average Bonchev–Trinajstić information content (AvgIpc) is 2.64. The predicted octanol–water partition coefficient (Wildman–Crippen LogP) is 4.25. The molecule has 0 heterocycles. The molecule has 4 heteroatoms. The van der Waals surface area contributed by atoms with Crippen LogP contribution in [0.3, 0.4) is 0 Å². The molecule has 0 aliphatic carbocycles. The van der Waals surface area contributed by atoms with Crippen LogP contribution in [0.2, 0.25) is 0 Å². The van der Waals surface area contributed by atoms with Crippen LogP contribution < -0.4 is 15.4 Å². The van der Waals surface area contributed by atoms with E-state index in [2.05, 4.69) is 30.5 Å². The van der Waals surface area contributed by atoms with E-state index >= 15 is 0 Å². The van der Waals surface area contributed by atoms with E-state index in [1.807, 2.05) is 43.3 Å². The van der Waals surface area contributed by atoms with Gasteiger partial charge in [-0.15, -0.1) is 0 Å². The van der Waals surface area contributed by atoms with Crippen LogP contribution in [-0.2, 0) is 11.2 Å². The van der Waals surface area contributed by atoms with Gasteiger partial charge in [0.15, 0.2) is 0 Å². The zero-order valence-electron chi connectivity index (χ0n) is 15.6. The Bertz CT molecular complexity index is 696. The molecule has 2 N–H and O–H groups in total. The monoisotopic (exact) mass is 340 g/mol. The third-order valence-electron chi connectivity index (χ3n) is 4.44. The number of rotatable bonds is 8. The maximum absolute atomic E-state index is 12.4. The lowest BCUT2D eigenvalue weighted by molar-refractivity contribution is -0.115. The van der Waals surface area contributed by atoms with Crippen molar-refractivity contribution < 1.29 is 9.53 Å². The fraction of sp³-hybridized carbons (Fsp3) is 0.381. The Morgan fingerprint density at radius 1 is 1.12 bits per heavy atom. The number of carbonyl (C=O) groups excluding carboxylic acids is 1. The van der Waals surface area contributed by atoms with Gasteiger partial charge in [-0.2, -0.15) is 0 Å². The van der Waals surface area contributed by atoms with Gasteiger partial charge < -0.3 is 15.4 Å². The highest BCUT2D eigenvalue weighted by Gasteiger charge is 2.13. The minimum absolute atomic E-state index is 0.0176. The van der Waals surface area contributed by atoms with Gasteiger partial charge in [-0.1, -0.05) is 44.2 Å². The molecule has 1 amide bonds. The van der Waals surface area contributed by atoms with Crippen LogP contribution in [0, 0.1) is 6.92 Å². The molecule has 0 aliphatic rings. The van der Waals surface area contributed by atoms with Crippen LogP contribution in [0.1, 0.15) is 43.0 Å². The smallest absolute Gasteiger partial charge is 0.238 e. The average molecular weight is 340 g/mol. The highest BCUT2D eigenvalue weighted by atomic mass is 16.5. The summed E-state index contributed by atoms with van der Waals surface area (Å²) in [6.07, 6.45) is 1.80. The van der Waals surface area contributed by atoms with E-state index in [4.69, 9.17) is 4.74 Å². The van der Waals surface area contributed by atoms with Crippen molar-refractivity contribution in [2.75, 3.05) is 19.0 Å². The third-order valence-corrected chi connectivity index (χ3v) is 4.44. The minimum atomic E-state index is -0.0176. The number of anilines is 1. The molecular formula is C21H28N2O2. The molecule has 0 saturated heterocycles. The van der Waals surface area contributed by atoms with Crippen molar-refractivity contribution >= 4 is 11.6 Å². The summed E-state index contributed by atoms with van der Waals surface area (Å²) in [6, 6.07) is 14.2. The number of hydrogen-bond acceptors (Lipinski definition) is 3. The molecule has 2 rings (SSSR count). The second-order valence-electron chi connectivity index (χ2n) is 6.13. The number of methoxy groups -OCH3 is 1. The molecule has 0 saturated carbocycles. The first-order chi connectivity index (χ1) is 12.1. The number of aryl methyl sites for hydroxylation is 2. The first kappa shape index (κ1) is 19.0. The summed E-state index contributed by atoms with van der Waals surface area (Å²) >= 11 is 0. The van der Waals surface area contributed by atoms with Crippen LogP contribution >= 0.6 is 0 Å². The van der Waals surface area contributed by atoms with Crippen LogP contribution in [-0.4, -0.2) is 19.6 Å². The predicted molar refractivity (Wildman–Crippen MR) is 103 cm³/mol. The first-order valence-electron chi connectivity index (χ1n) is 8.84. The number of benzene rings is 2. The van der Waals surface area contributed by atoms with Crippen molar-refractivity contribution in [3.05, 3.63) is 59.2 Å². The standard InChI is InChI=1S/C21H28N2O2/c1-5-16-9-7-8-15(3)21(16)23-20(24)14-22-19(6-2)17-10-12-18(25-4)13-11-17/h7-13,19,22H,5-6,14H2,1-4H3,(H,23,24)/t19-/m0/s1. The Kier molecular flexibility index (Phi) is 7.02. The largest absolute Gasteiger partial charge is 0.497 e. The number of carbonyl (C=O) groups is 1. The Labute approximate surface area is 150 Å². The zero-order chi connectivity index (χ0) is 18.2. The quantitative estimate of drug-likeness (QED) is 0.755. The molecule has 0 bridgehead atoms. The molecule has 0 unspecified atom stereocenters. The van der Waals surface area contributed by atoms with Gasteiger partial charge in [0.05, 0.1) is 13.7 Å². The van der Waals surface area contributed by atoms with Gasteiger partial charge in [0.1, 0.15) is 5.75 Å². The molecule has 0 spiro atoms. The molecule has 1 atom stereocenters. The third kappa shape index (κ3) is 5.07. The van der Waals surface area contributed by atoms with Crippen molar-refractivity contribution in [3.63, 3.8) is 0 Å². The fourth-order valence-corrected chi connectivity index (χ4v) is 2.94. The molecular weight excluding hydrogens is 312 g/mol. The molecule has 134 valence electrons. The highest BCUT2D eigenvalue weighted by Crippen LogP contribution is 2.22. The Hall–Kier alpha value is -2.33. The van der Waals surface area contributed by atoms with Crippen molar-refractivity contribution in [1.82, 2.24) is 5.32 Å². The Morgan fingerprint density at radius 2 is 1.84 bits per heavy atom.